The van der Waals surface area contributed by atoms with Gasteiger partial charge in [0.2, 0.25) is 0 Å². The van der Waals surface area contributed by atoms with E-state index in [0.717, 1.165) is 0 Å². The van der Waals surface area contributed by atoms with Gasteiger partial charge < -0.3 is 10.8 Å². The van der Waals surface area contributed by atoms with Crippen molar-refractivity contribution in [2.24, 2.45) is 11.7 Å². The molecule has 0 spiro atoms. The molecule has 0 saturated heterocycles. The molecule has 4 nitrogen and oxygen atoms in total. The summed E-state index contributed by atoms with van der Waals surface area (Å²) in [4.78, 5) is 21.7. The Labute approximate surface area is 75.7 Å². The summed E-state index contributed by atoms with van der Waals surface area (Å²) in [6.45, 7) is 3.14. The van der Waals surface area contributed by atoms with Crippen LogP contribution in [0.3, 0.4) is 0 Å². The van der Waals surface area contributed by atoms with Gasteiger partial charge in [-0.1, -0.05) is 13.8 Å². The van der Waals surface area contributed by atoms with Gasteiger partial charge in [-0.3, -0.25) is 4.79 Å². The van der Waals surface area contributed by atoms with E-state index in [1.807, 2.05) is 0 Å². The molecule has 0 heterocycles. The van der Waals surface area contributed by atoms with Crippen LogP contribution in [-0.4, -0.2) is 28.3 Å². The Hall–Kier alpha value is -0.610. The lowest BCUT2D eigenvalue weighted by molar-refractivity contribution is -0.149. The number of carbonyl (C=O) groups excluding carboxylic acids is 1. The van der Waals surface area contributed by atoms with Crippen LogP contribution in [0.5, 0.6) is 0 Å². The SMILES string of the molecule is CC(C)C(N)(C(=O)O)C(=O)CCl. The van der Waals surface area contributed by atoms with Gasteiger partial charge in [-0.25, -0.2) is 4.79 Å². The molecule has 0 radical (unpaired) electrons. The fraction of sp³-hybridized carbons (Fsp3) is 0.714. The average Bonchev–Trinajstić information content (AvgIpc) is 2.00. The number of carbonyl (C=O) groups is 2. The molecule has 0 aliphatic carbocycles. The minimum absolute atomic E-state index is 0.374. The zero-order valence-corrected chi connectivity index (χ0v) is 7.76. The van der Waals surface area contributed by atoms with Gasteiger partial charge in [-0.05, 0) is 5.92 Å². The number of ketones is 1. The normalized spacial score (nSPS) is 15.8. The lowest BCUT2D eigenvalue weighted by atomic mass is 9.84. The molecule has 0 aromatic carbocycles. The predicted molar refractivity (Wildman–Crippen MR) is 45.1 cm³/mol. The molecule has 0 aliphatic rings. The second-order valence-corrected chi connectivity index (χ2v) is 3.15. The van der Waals surface area contributed by atoms with Gasteiger partial charge in [0.1, 0.15) is 0 Å². The summed E-state index contributed by atoms with van der Waals surface area (Å²) >= 11 is 5.23. The van der Waals surface area contributed by atoms with Crippen LogP contribution in [0.4, 0.5) is 0 Å². The average molecular weight is 194 g/mol. The topological polar surface area (TPSA) is 80.4 Å². The molecule has 0 rings (SSSR count). The summed E-state index contributed by atoms with van der Waals surface area (Å²) in [5.74, 6) is -2.84. The van der Waals surface area contributed by atoms with Gasteiger partial charge in [-0.2, -0.15) is 0 Å². The summed E-state index contributed by atoms with van der Waals surface area (Å²) in [6.07, 6.45) is 0. The van der Waals surface area contributed by atoms with E-state index >= 15 is 0 Å². The van der Waals surface area contributed by atoms with Crippen molar-refractivity contribution < 1.29 is 14.7 Å². The van der Waals surface area contributed by atoms with E-state index in [9.17, 15) is 9.59 Å². The van der Waals surface area contributed by atoms with E-state index in [4.69, 9.17) is 22.4 Å². The number of rotatable bonds is 4. The van der Waals surface area contributed by atoms with E-state index in [-0.39, 0.29) is 5.88 Å². The summed E-state index contributed by atoms with van der Waals surface area (Å²) in [5.41, 5.74) is 3.56. The minimum Gasteiger partial charge on any atom is -0.480 e. The molecule has 5 heteroatoms. The first kappa shape index (κ1) is 11.4. The van der Waals surface area contributed by atoms with Crippen LogP contribution in [0.15, 0.2) is 0 Å². The molecule has 1 unspecified atom stereocenters. The number of carboxylic acids is 1. The number of nitrogens with two attached hydrogens (primary N) is 1. The highest BCUT2D eigenvalue weighted by Crippen LogP contribution is 2.16. The second kappa shape index (κ2) is 3.87. The molecular weight excluding hydrogens is 182 g/mol. The maximum absolute atomic E-state index is 11.1. The monoisotopic (exact) mass is 193 g/mol. The van der Waals surface area contributed by atoms with Crippen LogP contribution in [0.2, 0.25) is 0 Å². The van der Waals surface area contributed by atoms with E-state index < -0.39 is 23.2 Å². The van der Waals surface area contributed by atoms with Crippen LogP contribution in [0.1, 0.15) is 13.8 Å². The summed E-state index contributed by atoms with van der Waals surface area (Å²) < 4.78 is 0. The summed E-state index contributed by atoms with van der Waals surface area (Å²) in [6, 6.07) is 0. The zero-order valence-electron chi connectivity index (χ0n) is 7.00. The largest absolute Gasteiger partial charge is 0.480 e. The molecule has 0 fully saturated rings. The van der Waals surface area contributed by atoms with Crippen molar-refractivity contribution in [1.82, 2.24) is 0 Å². The maximum Gasteiger partial charge on any atom is 0.331 e. The number of aliphatic carboxylic acids is 1. The van der Waals surface area contributed by atoms with Crippen molar-refractivity contribution in [3.05, 3.63) is 0 Å². The fourth-order valence-corrected chi connectivity index (χ4v) is 1.02. The molecule has 0 aromatic heterocycles. The first-order chi connectivity index (χ1) is 5.37. The van der Waals surface area contributed by atoms with Gasteiger partial charge in [0.25, 0.3) is 0 Å². The number of hydrogen-bond acceptors (Lipinski definition) is 3. The third kappa shape index (κ3) is 1.76. The lowest BCUT2D eigenvalue weighted by Crippen LogP contribution is -2.59. The van der Waals surface area contributed by atoms with Gasteiger partial charge in [0.15, 0.2) is 11.3 Å². The standard InChI is InChI=1S/C7H12ClNO3/c1-4(2)7(9,6(11)12)5(10)3-8/h4H,3,9H2,1-2H3,(H,11,12). The van der Waals surface area contributed by atoms with Crippen LogP contribution in [0, 0.1) is 5.92 Å². The number of alkyl halides is 1. The molecule has 0 aliphatic heterocycles. The smallest absolute Gasteiger partial charge is 0.331 e. The maximum atomic E-state index is 11.1. The number of Topliss-reactive ketones (excluding diaryl/α,β-unsaturated/α-hetero) is 1. The third-order valence-electron chi connectivity index (χ3n) is 1.85. The molecule has 0 aromatic rings. The third-order valence-corrected chi connectivity index (χ3v) is 2.09. The summed E-state index contributed by atoms with van der Waals surface area (Å²) in [5, 5.41) is 8.70. The van der Waals surface area contributed by atoms with Crippen molar-refractivity contribution in [3.63, 3.8) is 0 Å². The Kier molecular flexibility index (Phi) is 3.67. The highest BCUT2D eigenvalue weighted by Gasteiger charge is 2.44. The number of carboxylic acid groups (broad SMARTS) is 1. The quantitative estimate of drug-likeness (QED) is 0.495. The Balaban J connectivity index is 4.87. The molecule has 70 valence electrons. The zero-order chi connectivity index (χ0) is 9.94. The number of halogens is 1. The van der Waals surface area contributed by atoms with Gasteiger partial charge in [0, 0.05) is 0 Å². The van der Waals surface area contributed by atoms with Gasteiger partial charge in [-0.15, -0.1) is 11.6 Å². The van der Waals surface area contributed by atoms with E-state index in [2.05, 4.69) is 0 Å². The molecule has 0 amide bonds. The molecule has 3 N–H and O–H groups in total. The van der Waals surface area contributed by atoms with Crippen LogP contribution in [-0.2, 0) is 9.59 Å². The van der Waals surface area contributed by atoms with Crippen LogP contribution >= 0.6 is 11.6 Å². The Morgan fingerprint density at radius 2 is 2.00 bits per heavy atom. The number of hydrogen-bond donors (Lipinski definition) is 2. The van der Waals surface area contributed by atoms with Gasteiger partial charge >= 0.3 is 5.97 Å². The van der Waals surface area contributed by atoms with Crippen LogP contribution in [0.25, 0.3) is 0 Å². The minimum atomic E-state index is -1.85. The van der Waals surface area contributed by atoms with E-state index in [1.165, 1.54) is 0 Å². The van der Waals surface area contributed by atoms with E-state index in [1.54, 1.807) is 13.8 Å². The molecule has 0 saturated carbocycles. The lowest BCUT2D eigenvalue weighted by Gasteiger charge is -2.26. The van der Waals surface area contributed by atoms with Crippen molar-refractivity contribution in [2.75, 3.05) is 5.88 Å². The highest BCUT2D eigenvalue weighted by molar-refractivity contribution is 6.31. The molecule has 1 atom stereocenters. The first-order valence-corrected chi connectivity index (χ1v) is 4.02. The fourth-order valence-electron chi connectivity index (χ4n) is 0.799. The Bertz CT molecular complexity index is 205. The highest BCUT2D eigenvalue weighted by atomic mass is 35.5. The Morgan fingerprint density at radius 3 is 2.08 bits per heavy atom. The first-order valence-electron chi connectivity index (χ1n) is 3.48. The van der Waals surface area contributed by atoms with Crippen molar-refractivity contribution in [2.45, 2.75) is 19.4 Å². The second-order valence-electron chi connectivity index (χ2n) is 2.89. The molecule has 0 bridgehead atoms. The van der Waals surface area contributed by atoms with Crippen molar-refractivity contribution >= 4 is 23.4 Å². The molecule has 12 heavy (non-hydrogen) atoms. The van der Waals surface area contributed by atoms with Crippen LogP contribution < -0.4 is 5.73 Å². The van der Waals surface area contributed by atoms with E-state index in [0.29, 0.717) is 0 Å². The Morgan fingerprint density at radius 1 is 1.58 bits per heavy atom. The van der Waals surface area contributed by atoms with Gasteiger partial charge in [0.05, 0.1) is 5.88 Å². The summed E-state index contributed by atoms with van der Waals surface area (Å²) in [7, 11) is 0. The van der Waals surface area contributed by atoms with Crippen molar-refractivity contribution in [1.29, 1.82) is 0 Å². The van der Waals surface area contributed by atoms with Crippen molar-refractivity contribution in [3.8, 4) is 0 Å². The predicted octanol–water partition coefficient (Wildman–Crippen LogP) is 0.232. The molecular formula is C7H12ClNO3.